The second kappa shape index (κ2) is 7.75. The van der Waals surface area contributed by atoms with E-state index >= 15 is 0 Å². The van der Waals surface area contributed by atoms with Crippen molar-refractivity contribution < 1.29 is 22.8 Å². The molecule has 0 spiro atoms. The van der Waals surface area contributed by atoms with E-state index < -0.39 is 23.6 Å². The van der Waals surface area contributed by atoms with Gasteiger partial charge in [-0.3, -0.25) is 14.3 Å². The number of hydrogen-bond acceptors (Lipinski definition) is 4. The first-order valence-electron chi connectivity index (χ1n) is 9.47. The van der Waals surface area contributed by atoms with Gasteiger partial charge in [0.25, 0.3) is 11.8 Å². The molecule has 0 saturated heterocycles. The number of carbonyl (C=O) groups excluding carboxylic acids is 2. The van der Waals surface area contributed by atoms with Crippen molar-refractivity contribution >= 4 is 39.1 Å². The van der Waals surface area contributed by atoms with Crippen molar-refractivity contribution in [2.24, 2.45) is 11.7 Å². The lowest BCUT2D eigenvalue weighted by molar-refractivity contribution is -0.0476. The number of nitrogens with zero attached hydrogens (tertiary/aromatic N) is 2. The van der Waals surface area contributed by atoms with E-state index in [2.05, 4.69) is 10.4 Å². The smallest absolute Gasteiger partial charge is 0.275 e. The molecular weight excluding hydrogens is 417 g/mol. The fraction of sp³-hybridized carbons (Fsp3) is 0.350. The topological polar surface area (TPSA) is 90.0 Å². The highest BCUT2D eigenvalue weighted by Gasteiger charge is 2.35. The molecule has 2 heterocycles. The van der Waals surface area contributed by atoms with Crippen molar-refractivity contribution in [1.82, 2.24) is 9.78 Å². The SMILES string of the molecule is NC(=O)c1ccc(NC(=O)c2c3ccc(F)cc3nn2CC2CCC(F)(F)CC2)s1. The van der Waals surface area contributed by atoms with Crippen LogP contribution < -0.4 is 11.1 Å². The van der Waals surface area contributed by atoms with Crippen LogP contribution in [0.25, 0.3) is 10.9 Å². The minimum Gasteiger partial charge on any atom is -0.365 e. The monoisotopic (exact) mass is 436 g/mol. The molecule has 4 rings (SSSR count). The zero-order chi connectivity index (χ0) is 21.5. The van der Waals surface area contributed by atoms with E-state index in [0.29, 0.717) is 33.6 Å². The van der Waals surface area contributed by atoms with Crippen LogP contribution in [-0.4, -0.2) is 27.5 Å². The number of halogens is 3. The standard InChI is InChI=1S/C20H19F3N4O2S/c21-12-1-2-13-14(9-12)26-27(10-11-5-7-20(22,23)8-6-11)17(13)19(29)25-16-4-3-15(30-16)18(24)28/h1-4,9,11H,5-8,10H2,(H2,24,28)(H,25,29). The summed E-state index contributed by atoms with van der Waals surface area (Å²) in [7, 11) is 0. The number of hydrogen-bond donors (Lipinski definition) is 2. The summed E-state index contributed by atoms with van der Waals surface area (Å²) < 4.78 is 42.1. The highest BCUT2D eigenvalue weighted by molar-refractivity contribution is 7.18. The molecule has 158 valence electrons. The number of thiophene rings is 1. The Kier molecular flexibility index (Phi) is 5.27. The number of nitrogens with two attached hydrogens (primary N) is 1. The molecule has 30 heavy (non-hydrogen) atoms. The molecule has 0 unspecified atom stereocenters. The van der Waals surface area contributed by atoms with Crippen molar-refractivity contribution in [2.45, 2.75) is 38.2 Å². The predicted octanol–water partition coefficient (Wildman–Crippen LogP) is 4.41. The highest BCUT2D eigenvalue weighted by Crippen LogP contribution is 2.37. The Morgan fingerprint density at radius 2 is 1.97 bits per heavy atom. The molecule has 2 aromatic heterocycles. The molecule has 6 nitrogen and oxygen atoms in total. The Morgan fingerprint density at radius 1 is 1.23 bits per heavy atom. The molecule has 3 aromatic rings. The van der Waals surface area contributed by atoms with Crippen LogP contribution in [0.3, 0.4) is 0 Å². The van der Waals surface area contributed by atoms with Crippen molar-refractivity contribution in [1.29, 1.82) is 0 Å². The third-order valence-corrected chi connectivity index (χ3v) is 6.29. The predicted molar refractivity (Wildman–Crippen MR) is 107 cm³/mol. The Balaban J connectivity index is 1.63. The number of rotatable bonds is 5. The molecule has 1 aromatic carbocycles. The molecule has 0 bridgehead atoms. The molecule has 10 heteroatoms. The van der Waals surface area contributed by atoms with Gasteiger partial charge in [-0.2, -0.15) is 5.10 Å². The molecule has 1 aliphatic carbocycles. The van der Waals surface area contributed by atoms with Crippen molar-refractivity contribution in [3.05, 3.63) is 46.7 Å². The van der Waals surface area contributed by atoms with Gasteiger partial charge in [0.05, 0.1) is 15.4 Å². The van der Waals surface area contributed by atoms with Crippen molar-refractivity contribution in [3.8, 4) is 0 Å². The number of anilines is 1. The normalized spacial score (nSPS) is 16.6. The Morgan fingerprint density at radius 3 is 2.63 bits per heavy atom. The van der Waals surface area contributed by atoms with E-state index in [0.717, 1.165) is 11.3 Å². The number of primary amides is 1. The zero-order valence-electron chi connectivity index (χ0n) is 15.8. The fourth-order valence-corrected chi connectivity index (χ4v) is 4.47. The van der Waals surface area contributed by atoms with Crippen LogP contribution in [-0.2, 0) is 6.54 Å². The largest absolute Gasteiger partial charge is 0.365 e. The van der Waals surface area contributed by atoms with Gasteiger partial charge in [0.1, 0.15) is 11.5 Å². The van der Waals surface area contributed by atoms with E-state index in [1.165, 1.54) is 28.9 Å². The number of aromatic nitrogens is 2. The van der Waals surface area contributed by atoms with Crippen LogP contribution in [0.4, 0.5) is 18.2 Å². The zero-order valence-corrected chi connectivity index (χ0v) is 16.6. The lowest BCUT2D eigenvalue weighted by Gasteiger charge is -2.28. The van der Waals surface area contributed by atoms with Gasteiger partial charge in [0.15, 0.2) is 0 Å². The van der Waals surface area contributed by atoms with Crippen LogP contribution >= 0.6 is 11.3 Å². The third-order valence-electron chi connectivity index (χ3n) is 5.27. The summed E-state index contributed by atoms with van der Waals surface area (Å²) in [5.74, 6) is -4.27. The molecular formula is C20H19F3N4O2S. The molecule has 0 aliphatic heterocycles. The number of nitrogens with one attached hydrogen (secondary N) is 1. The molecule has 2 amide bonds. The lowest BCUT2D eigenvalue weighted by atomic mass is 9.87. The minimum absolute atomic E-state index is 0.0569. The van der Waals surface area contributed by atoms with E-state index in [4.69, 9.17) is 5.73 Å². The van der Waals surface area contributed by atoms with E-state index in [1.807, 2.05) is 0 Å². The number of carbonyl (C=O) groups is 2. The quantitative estimate of drug-likeness (QED) is 0.621. The first-order valence-corrected chi connectivity index (χ1v) is 10.3. The van der Waals surface area contributed by atoms with Crippen LogP contribution in [0, 0.1) is 11.7 Å². The number of fused-ring (bicyclic) bond motifs is 1. The summed E-state index contributed by atoms with van der Waals surface area (Å²) in [6, 6.07) is 7.02. The average Bonchev–Trinajstić information content (AvgIpc) is 3.27. The lowest BCUT2D eigenvalue weighted by Crippen LogP contribution is -2.28. The van der Waals surface area contributed by atoms with Gasteiger partial charge in [-0.05, 0) is 43.0 Å². The highest BCUT2D eigenvalue weighted by atomic mass is 32.1. The molecule has 1 aliphatic rings. The van der Waals surface area contributed by atoms with E-state index in [-0.39, 0.29) is 31.0 Å². The first-order chi connectivity index (χ1) is 14.2. The molecule has 1 saturated carbocycles. The maximum Gasteiger partial charge on any atom is 0.275 e. The van der Waals surface area contributed by atoms with Crippen molar-refractivity contribution in [3.63, 3.8) is 0 Å². The van der Waals surface area contributed by atoms with Gasteiger partial charge in [-0.25, -0.2) is 13.2 Å². The molecule has 1 fully saturated rings. The first kappa shape index (κ1) is 20.4. The van der Waals surface area contributed by atoms with Gasteiger partial charge < -0.3 is 11.1 Å². The number of amides is 2. The summed E-state index contributed by atoms with van der Waals surface area (Å²) in [5.41, 5.74) is 5.77. The second-order valence-electron chi connectivity index (χ2n) is 7.47. The maximum atomic E-state index is 13.7. The Bertz CT molecular complexity index is 1110. The third kappa shape index (κ3) is 4.18. The van der Waals surface area contributed by atoms with Gasteiger partial charge in [0, 0.05) is 30.8 Å². The van der Waals surface area contributed by atoms with Gasteiger partial charge in [0.2, 0.25) is 5.92 Å². The average molecular weight is 436 g/mol. The van der Waals surface area contributed by atoms with Gasteiger partial charge in [-0.1, -0.05) is 0 Å². The minimum atomic E-state index is -2.65. The summed E-state index contributed by atoms with van der Waals surface area (Å²) in [4.78, 5) is 24.6. The molecule has 0 radical (unpaired) electrons. The van der Waals surface area contributed by atoms with Crippen LogP contribution in [0.1, 0.15) is 45.8 Å². The number of alkyl halides is 2. The van der Waals surface area contributed by atoms with Crippen molar-refractivity contribution in [2.75, 3.05) is 5.32 Å². The Labute approximate surface area is 173 Å². The summed E-state index contributed by atoms with van der Waals surface area (Å²) in [5, 5.41) is 7.96. The second-order valence-corrected chi connectivity index (χ2v) is 8.56. The molecule has 0 atom stereocenters. The van der Waals surface area contributed by atoms with Crippen LogP contribution in [0.2, 0.25) is 0 Å². The maximum absolute atomic E-state index is 13.7. The Hall–Kier alpha value is -2.88. The van der Waals surface area contributed by atoms with Crippen LogP contribution in [0.5, 0.6) is 0 Å². The summed E-state index contributed by atoms with van der Waals surface area (Å²) >= 11 is 1.04. The van der Waals surface area contributed by atoms with E-state index in [9.17, 15) is 22.8 Å². The molecule has 3 N–H and O–H groups in total. The van der Waals surface area contributed by atoms with E-state index in [1.54, 1.807) is 6.07 Å². The van der Waals surface area contributed by atoms with Gasteiger partial charge >= 0.3 is 0 Å². The van der Waals surface area contributed by atoms with Gasteiger partial charge in [-0.15, -0.1) is 11.3 Å². The number of benzene rings is 1. The summed E-state index contributed by atoms with van der Waals surface area (Å²) in [6.45, 7) is 0.284. The summed E-state index contributed by atoms with van der Waals surface area (Å²) in [6.07, 6.45) is 0.260. The van der Waals surface area contributed by atoms with Crippen LogP contribution in [0.15, 0.2) is 30.3 Å². The fourth-order valence-electron chi connectivity index (χ4n) is 3.71.